The molecule has 1 aliphatic rings. The van der Waals surface area contributed by atoms with Crippen molar-refractivity contribution in [3.05, 3.63) is 35.4 Å². The molecule has 1 aromatic rings. The Balaban J connectivity index is 0.00000242. The first kappa shape index (κ1) is 18.9. The molecule has 1 heterocycles. The number of carbonyl (C=O) groups is 1. The highest BCUT2D eigenvalue weighted by atomic mass is 35.5. The van der Waals surface area contributed by atoms with Gasteiger partial charge in [0, 0.05) is 13.1 Å². The molecule has 124 valence electrons. The summed E-state index contributed by atoms with van der Waals surface area (Å²) in [5.74, 6) is 0.0968. The Kier molecular flexibility index (Phi) is 6.85. The number of halogens is 1. The van der Waals surface area contributed by atoms with E-state index in [1.807, 2.05) is 19.1 Å². The highest BCUT2D eigenvalue weighted by molar-refractivity contribution is 5.85. The molecule has 0 saturated carbocycles. The molecule has 1 amide bonds. The molecule has 0 radical (unpaired) electrons. The van der Waals surface area contributed by atoms with Gasteiger partial charge in [0.25, 0.3) is 0 Å². The number of rotatable bonds is 5. The summed E-state index contributed by atoms with van der Waals surface area (Å²) < 4.78 is 0. The zero-order chi connectivity index (χ0) is 15.5. The van der Waals surface area contributed by atoms with Gasteiger partial charge in [0.2, 0.25) is 5.91 Å². The first-order valence-corrected chi connectivity index (χ1v) is 7.71. The Morgan fingerprint density at radius 3 is 2.73 bits per heavy atom. The van der Waals surface area contributed by atoms with E-state index in [1.165, 1.54) is 11.1 Å². The van der Waals surface area contributed by atoms with Crippen molar-refractivity contribution in [3.8, 4) is 0 Å². The van der Waals surface area contributed by atoms with E-state index < -0.39 is 0 Å². The van der Waals surface area contributed by atoms with E-state index in [-0.39, 0.29) is 29.8 Å². The molecule has 5 heteroatoms. The monoisotopic (exact) mass is 325 g/mol. The fourth-order valence-electron chi connectivity index (χ4n) is 2.86. The lowest BCUT2D eigenvalue weighted by molar-refractivity contribution is -0.125. The predicted octanol–water partition coefficient (Wildman–Crippen LogP) is 2.09. The first-order valence-electron chi connectivity index (χ1n) is 7.71. The summed E-state index contributed by atoms with van der Waals surface area (Å²) in [4.78, 5) is 14.6. The van der Waals surface area contributed by atoms with E-state index in [1.54, 1.807) is 0 Å². The molecule has 0 aromatic heterocycles. The number of nitrogens with two attached hydrogens (primary N) is 1. The van der Waals surface area contributed by atoms with E-state index in [0.29, 0.717) is 13.1 Å². The van der Waals surface area contributed by atoms with Crippen LogP contribution in [0.1, 0.15) is 31.4 Å². The van der Waals surface area contributed by atoms with Crippen LogP contribution < -0.4 is 11.1 Å². The van der Waals surface area contributed by atoms with Gasteiger partial charge in [0.15, 0.2) is 0 Å². The summed E-state index contributed by atoms with van der Waals surface area (Å²) >= 11 is 0. The molecule has 1 fully saturated rings. The highest BCUT2D eigenvalue weighted by Crippen LogP contribution is 2.29. The summed E-state index contributed by atoms with van der Waals surface area (Å²) in [6.45, 7) is 9.38. The molecule has 3 N–H and O–H groups in total. The zero-order valence-corrected chi connectivity index (χ0v) is 14.6. The number of aryl methyl sites for hydroxylation is 1. The number of carbonyl (C=O) groups excluding carboxylic acids is 1. The minimum absolute atomic E-state index is 0. The van der Waals surface area contributed by atoms with Crippen molar-refractivity contribution in [1.29, 1.82) is 0 Å². The van der Waals surface area contributed by atoms with Gasteiger partial charge in [0.1, 0.15) is 0 Å². The second kappa shape index (κ2) is 7.95. The van der Waals surface area contributed by atoms with Crippen molar-refractivity contribution < 1.29 is 4.79 Å². The number of hydrogen-bond acceptors (Lipinski definition) is 3. The summed E-state index contributed by atoms with van der Waals surface area (Å²) in [7, 11) is 0. The molecule has 1 saturated heterocycles. The molecule has 22 heavy (non-hydrogen) atoms. The van der Waals surface area contributed by atoms with Crippen molar-refractivity contribution in [2.24, 2.45) is 11.1 Å². The quantitative estimate of drug-likeness (QED) is 0.871. The maximum Gasteiger partial charge on any atom is 0.237 e. The lowest BCUT2D eigenvalue weighted by Gasteiger charge is -2.26. The molecule has 2 atom stereocenters. The number of hydrogen-bond donors (Lipinski definition) is 2. The summed E-state index contributed by atoms with van der Waals surface area (Å²) in [5, 5.41) is 3.05. The van der Waals surface area contributed by atoms with Gasteiger partial charge >= 0.3 is 0 Å². The topological polar surface area (TPSA) is 58.4 Å². The molecule has 1 aliphatic heterocycles. The molecule has 2 rings (SSSR count). The zero-order valence-electron chi connectivity index (χ0n) is 13.8. The van der Waals surface area contributed by atoms with Crippen LogP contribution in [-0.2, 0) is 11.3 Å². The Labute approximate surface area is 139 Å². The van der Waals surface area contributed by atoms with Crippen LogP contribution >= 0.6 is 12.4 Å². The highest BCUT2D eigenvalue weighted by Gasteiger charge is 2.36. The minimum atomic E-state index is -0.0950. The van der Waals surface area contributed by atoms with Gasteiger partial charge in [-0.05, 0) is 49.9 Å². The third kappa shape index (κ3) is 4.45. The van der Waals surface area contributed by atoms with E-state index in [0.717, 1.165) is 19.5 Å². The Morgan fingerprint density at radius 1 is 1.45 bits per heavy atom. The van der Waals surface area contributed by atoms with Crippen LogP contribution in [0.3, 0.4) is 0 Å². The Morgan fingerprint density at radius 2 is 2.14 bits per heavy atom. The molecule has 0 aliphatic carbocycles. The number of nitrogens with one attached hydrogen (secondary N) is 1. The van der Waals surface area contributed by atoms with Gasteiger partial charge in [-0.3, -0.25) is 9.69 Å². The third-order valence-electron chi connectivity index (χ3n) is 4.72. The normalized spacial score (nSPS) is 22.9. The lowest BCUT2D eigenvalue weighted by atomic mass is 9.90. The Bertz CT molecular complexity index is 508. The van der Waals surface area contributed by atoms with E-state index in [2.05, 4.69) is 36.2 Å². The number of amides is 1. The van der Waals surface area contributed by atoms with Crippen LogP contribution in [-0.4, -0.2) is 36.5 Å². The van der Waals surface area contributed by atoms with Crippen LogP contribution in [0, 0.1) is 12.3 Å². The van der Waals surface area contributed by atoms with Crippen molar-refractivity contribution >= 4 is 18.3 Å². The van der Waals surface area contributed by atoms with Crippen LogP contribution in [0.4, 0.5) is 0 Å². The van der Waals surface area contributed by atoms with E-state index >= 15 is 0 Å². The number of nitrogens with zero attached hydrogens (tertiary/aromatic N) is 1. The van der Waals surface area contributed by atoms with E-state index in [9.17, 15) is 4.79 Å². The van der Waals surface area contributed by atoms with Gasteiger partial charge in [-0.1, -0.05) is 31.2 Å². The average molecular weight is 326 g/mol. The van der Waals surface area contributed by atoms with Gasteiger partial charge in [-0.15, -0.1) is 12.4 Å². The average Bonchev–Trinajstić information content (AvgIpc) is 2.88. The van der Waals surface area contributed by atoms with Gasteiger partial charge in [0.05, 0.1) is 6.04 Å². The fraction of sp³-hybridized carbons (Fsp3) is 0.588. The molecule has 0 bridgehead atoms. The number of likely N-dealkylation sites (tertiary alicyclic amines) is 1. The molecule has 2 unspecified atom stereocenters. The Hall–Kier alpha value is -1.10. The summed E-state index contributed by atoms with van der Waals surface area (Å²) in [6, 6.07) is 8.05. The maximum atomic E-state index is 12.3. The summed E-state index contributed by atoms with van der Waals surface area (Å²) in [6.07, 6.45) is 1.07. The van der Waals surface area contributed by atoms with Crippen LogP contribution in [0.25, 0.3) is 0 Å². The standard InChI is InChI=1S/C17H27N3O.ClH/c1-13-6-4-5-7-15(13)10-19-16(21)14(2)20-9-8-17(3,11-18)12-20;/h4-7,14H,8-12,18H2,1-3H3,(H,19,21);1H. The van der Waals surface area contributed by atoms with Crippen molar-refractivity contribution in [2.45, 2.75) is 39.8 Å². The van der Waals surface area contributed by atoms with Gasteiger partial charge < -0.3 is 11.1 Å². The molecular formula is C17H28ClN3O. The summed E-state index contributed by atoms with van der Waals surface area (Å²) in [5.41, 5.74) is 8.37. The first-order chi connectivity index (χ1) is 9.95. The van der Waals surface area contributed by atoms with Gasteiger partial charge in [-0.2, -0.15) is 0 Å². The largest absolute Gasteiger partial charge is 0.351 e. The lowest BCUT2D eigenvalue weighted by Crippen LogP contribution is -2.45. The molecular weight excluding hydrogens is 298 g/mol. The number of benzene rings is 1. The van der Waals surface area contributed by atoms with Crippen LogP contribution in [0.5, 0.6) is 0 Å². The van der Waals surface area contributed by atoms with Crippen LogP contribution in [0.2, 0.25) is 0 Å². The second-order valence-electron chi connectivity index (χ2n) is 6.56. The van der Waals surface area contributed by atoms with Gasteiger partial charge in [-0.25, -0.2) is 0 Å². The predicted molar refractivity (Wildman–Crippen MR) is 93.1 cm³/mol. The maximum absolute atomic E-state index is 12.3. The van der Waals surface area contributed by atoms with E-state index in [4.69, 9.17) is 5.73 Å². The smallest absolute Gasteiger partial charge is 0.237 e. The van der Waals surface area contributed by atoms with Crippen molar-refractivity contribution in [1.82, 2.24) is 10.2 Å². The SMILES string of the molecule is Cc1ccccc1CNC(=O)C(C)N1CCC(C)(CN)C1.Cl. The third-order valence-corrected chi connectivity index (χ3v) is 4.72. The minimum Gasteiger partial charge on any atom is -0.351 e. The second-order valence-corrected chi connectivity index (χ2v) is 6.56. The van der Waals surface area contributed by atoms with Crippen LogP contribution in [0.15, 0.2) is 24.3 Å². The van der Waals surface area contributed by atoms with Crippen molar-refractivity contribution in [2.75, 3.05) is 19.6 Å². The van der Waals surface area contributed by atoms with Crippen molar-refractivity contribution in [3.63, 3.8) is 0 Å². The molecule has 1 aromatic carbocycles. The fourth-order valence-corrected chi connectivity index (χ4v) is 2.86. The molecule has 0 spiro atoms. The molecule has 4 nitrogen and oxygen atoms in total.